The minimum atomic E-state index is -3.76. The van der Waals surface area contributed by atoms with Crippen LogP contribution in [0.5, 0.6) is 0 Å². The number of hydrogen-bond acceptors (Lipinski definition) is 3. The third-order valence-electron chi connectivity index (χ3n) is 3.18. The Hall–Kier alpha value is -2.45. The number of halogens is 1. The van der Waals surface area contributed by atoms with E-state index >= 15 is 0 Å². The largest absolute Gasteiger partial charge is 0.331 e. The van der Waals surface area contributed by atoms with Gasteiger partial charge >= 0.3 is 6.03 Å². The van der Waals surface area contributed by atoms with Crippen LogP contribution in [0.1, 0.15) is 18.5 Å². The van der Waals surface area contributed by atoms with E-state index in [1.54, 1.807) is 25.1 Å². The molecule has 23 heavy (non-hydrogen) atoms. The summed E-state index contributed by atoms with van der Waals surface area (Å²) in [5.74, 6) is -0.534. The molecule has 2 rings (SSSR count). The second-order valence-electron chi connectivity index (χ2n) is 4.91. The third kappa shape index (κ3) is 4.51. The van der Waals surface area contributed by atoms with E-state index in [2.05, 4.69) is 10.6 Å². The van der Waals surface area contributed by atoms with E-state index in [1.807, 2.05) is 0 Å². The molecule has 0 spiro atoms. The summed E-state index contributed by atoms with van der Waals surface area (Å²) < 4.78 is 35.8. The van der Waals surface area contributed by atoms with Gasteiger partial charge in [-0.15, -0.1) is 0 Å². The molecular formula is C15H16FN3O3S. The fraction of sp³-hybridized carbons (Fsp3) is 0.133. The summed E-state index contributed by atoms with van der Waals surface area (Å²) in [5.41, 5.74) is 0.753. The molecule has 0 aliphatic heterocycles. The van der Waals surface area contributed by atoms with E-state index in [4.69, 9.17) is 5.14 Å². The van der Waals surface area contributed by atoms with Gasteiger partial charge in [-0.2, -0.15) is 0 Å². The fourth-order valence-corrected chi connectivity index (χ4v) is 2.46. The second kappa shape index (κ2) is 6.76. The first kappa shape index (κ1) is 16.9. The molecule has 4 N–H and O–H groups in total. The predicted octanol–water partition coefficient (Wildman–Crippen LogP) is 2.36. The number of urea groups is 1. The number of anilines is 1. The Morgan fingerprint density at radius 2 is 1.74 bits per heavy atom. The first-order valence-electron chi connectivity index (χ1n) is 6.72. The molecule has 1 unspecified atom stereocenters. The van der Waals surface area contributed by atoms with Crippen LogP contribution in [0.25, 0.3) is 0 Å². The lowest BCUT2D eigenvalue weighted by Crippen LogP contribution is -2.31. The average Bonchev–Trinajstić information content (AvgIpc) is 2.49. The summed E-state index contributed by atoms with van der Waals surface area (Å²) in [7, 11) is -3.76. The molecule has 0 radical (unpaired) electrons. The number of benzene rings is 2. The maximum atomic E-state index is 13.5. The van der Waals surface area contributed by atoms with Crippen molar-refractivity contribution in [1.82, 2.24) is 5.32 Å². The predicted molar refractivity (Wildman–Crippen MR) is 84.8 cm³/mol. The summed E-state index contributed by atoms with van der Waals surface area (Å²) in [6.07, 6.45) is 0. The Morgan fingerprint density at radius 3 is 2.30 bits per heavy atom. The molecule has 0 heterocycles. The lowest BCUT2D eigenvalue weighted by atomic mass is 10.1. The van der Waals surface area contributed by atoms with E-state index < -0.39 is 27.9 Å². The molecule has 2 aromatic carbocycles. The first-order valence-corrected chi connectivity index (χ1v) is 8.27. The van der Waals surface area contributed by atoms with Gasteiger partial charge in [0.15, 0.2) is 0 Å². The number of hydrogen-bond donors (Lipinski definition) is 3. The third-order valence-corrected chi connectivity index (χ3v) is 4.11. The molecule has 0 aliphatic carbocycles. The van der Waals surface area contributed by atoms with Crippen molar-refractivity contribution in [2.24, 2.45) is 5.14 Å². The first-order chi connectivity index (χ1) is 10.8. The molecule has 1 atom stereocenters. The van der Waals surface area contributed by atoms with Gasteiger partial charge in [0, 0.05) is 0 Å². The van der Waals surface area contributed by atoms with Crippen molar-refractivity contribution in [3.05, 3.63) is 59.9 Å². The summed E-state index contributed by atoms with van der Waals surface area (Å²) in [5, 5.41) is 10.1. The fourth-order valence-electron chi connectivity index (χ4n) is 1.95. The maximum Gasteiger partial charge on any atom is 0.319 e. The van der Waals surface area contributed by atoms with Crippen molar-refractivity contribution in [1.29, 1.82) is 0 Å². The van der Waals surface area contributed by atoms with E-state index in [0.29, 0.717) is 5.56 Å². The molecule has 0 saturated carbocycles. The van der Waals surface area contributed by atoms with E-state index in [1.165, 1.54) is 30.3 Å². The van der Waals surface area contributed by atoms with Gasteiger partial charge in [-0.05, 0) is 36.8 Å². The number of carbonyl (C=O) groups excluding carboxylic acids is 1. The van der Waals surface area contributed by atoms with E-state index in [-0.39, 0.29) is 10.6 Å². The van der Waals surface area contributed by atoms with Gasteiger partial charge in [-0.25, -0.2) is 22.7 Å². The van der Waals surface area contributed by atoms with Crippen LogP contribution in [0.15, 0.2) is 53.4 Å². The Morgan fingerprint density at radius 1 is 1.13 bits per heavy atom. The minimum absolute atomic E-state index is 0.00995. The van der Waals surface area contributed by atoms with Crippen LogP contribution >= 0.6 is 0 Å². The quantitative estimate of drug-likeness (QED) is 0.798. The highest BCUT2D eigenvalue weighted by molar-refractivity contribution is 7.89. The molecule has 0 aromatic heterocycles. The highest BCUT2D eigenvalue weighted by Gasteiger charge is 2.13. The van der Waals surface area contributed by atoms with Crippen molar-refractivity contribution < 1.29 is 17.6 Å². The molecule has 0 aliphatic rings. The number of amides is 2. The van der Waals surface area contributed by atoms with Crippen molar-refractivity contribution in [2.75, 3.05) is 5.32 Å². The molecule has 2 aromatic rings. The number of rotatable bonds is 4. The van der Waals surface area contributed by atoms with Gasteiger partial charge in [0.05, 0.1) is 16.6 Å². The monoisotopic (exact) mass is 337 g/mol. The normalized spacial score (nSPS) is 12.5. The van der Waals surface area contributed by atoms with Gasteiger partial charge in [-0.1, -0.05) is 24.3 Å². The van der Waals surface area contributed by atoms with Crippen LogP contribution < -0.4 is 15.8 Å². The van der Waals surface area contributed by atoms with Crippen LogP contribution in [0, 0.1) is 5.82 Å². The van der Waals surface area contributed by atoms with Gasteiger partial charge in [0.25, 0.3) is 0 Å². The van der Waals surface area contributed by atoms with Gasteiger partial charge in [0.2, 0.25) is 10.0 Å². The molecular weight excluding hydrogens is 321 g/mol. The molecule has 0 bridgehead atoms. The summed E-state index contributed by atoms with van der Waals surface area (Å²) in [4.78, 5) is 11.9. The lowest BCUT2D eigenvalue weighted by Gasteiger charge is -2.15. The number of para-hydroxylation sites is 1. The highest BCUT2D eigenvalue weighted by Crippen LogP contribution is 2.16. The van der Waals surface area contributed by atoms with Crippen LogP contribution in [-0.2, 0) is 10.0 Å². The number of carbonyl (C=O) groups is 1. The molecule has 2 amide bonds. The van der Waals surface area contributed by atoms with Crippen molar-refractivity contribution in [2.45, 2.75) is 17.9 Å². The number of sulfonamides is 1. The number of nitrogens with two attached hydrogens (primary N) is 1. The highest BCUT2D eigenvalue weighted by atomic mass is 32.2. The summed E-state index contributed by atoms with van der Waals surface area (Å²) in [6, 6.07) is 10.7. The van der Waals surface area contributed by atoms with E-state index in [9.17, 15) is 17.6 Å². The molecule has 0 fully saturated rings. The van der Waals surface area contributed by atoms with Crippen LogP contribution in [0.4, 0.5) is 14.9 Å². The van der Waals surface area contributed by atoms with Crippen LogP contribution in [0.2, 0.25) is 0 Å². The van der Waals surface area contributed by atoms with Gasteiger partial charge < -0.3 is 10.6 Å². The average molecular weight is 337 g/mol. The zero-order valence-electron chi connectivity index (χ0n) is 12.3. The zero-order valence-corrected chi connectivity index (χ0v) is 13.1. The SMILES string of the molecule is CC(NC(=O)Nc1ccccc1F)c1ccc(S(N)(=O)=O)cc1. The summed E-state index contributed by atoms with van der Waals surface area (Å²) in [6.45, 7) is 1.72. The Labute approximate surface area is 133 Å². The maximum absolute atomic E-state index is 13.5. The second-order valence-corrected chi connectivity index (χ2v) is 6.48. The van der Waals surface area contributed by atoms with Gasteiger partial charge in [0.1, 0.15) is 5.82 Å². The van der Waals surface area contributed by atoms with Crippen LogP contribution in [-0.4, -0.2) is 14.4 Å². The Bertz CT molecular complexity index is 807. The smallest absolute Gasteiger partial charge is 0.319 e. The van der Waals surface area contributed by atoms with Crippen LogP contribution in [0.3, 0.4) is 0 Å². The molecule has 6 nitrogen and oxygen atoms in total. The summed E-state index contributed by atoms with van der Waals surface area (Å²) >= 11 is 0. The molecule has 122 valence electrons. The van der Waals surface area contributed by atoms with Crippen molar-refractivity contribution in [3.63, 3.8) is 0 Å². The van der Waals surface area contributed by atoms with Crippen molar-refractivity contribution in [3.8, 4) is 0 Å². The Kier molecular flexibility index (Phi) is 4.97. The standard InChI is InChI=1S/C15H16FN3O3S/c1-10(11-6-8-12(9-7-11)23(17,21)22)18-15(20)19-14-5-3-2-4-13(14)16/h2-10H,1H3,(H2,17,21,22)(H2,18,19,20). The lowest BCUT2D eigenvalue weighted by molar-refractivity contribution is 0.249. The zero-order chi connectivity index (χ0) is 17.0. The molecule has 0 saturated heterocycles. The Balaban J connectivity index is 2.02. The van der Waals surface area contributed by atoms with Gasteiger partial charge in [-0.3, -0.25) is 0 Å². The van der Waals surface area contributed by atoms with Crippen molar-refractivity contribution >= 4 is 21.7 Å². The number of primary sulfonamides is 1. The number of nitrogens with one attached hydrogen (secondary N) is 2. The molecule has 8 heteroatoms. The van der Waals surface area contributed by atoms with E-state index in [0.717, 1.165) is 0 Å². The topological polar surface area (TPSA) is 101 Å². The minimum Gasteiger partial charge on any atom is -0.331 e.